The first-order valence-electron chi connectivity index (χ1n) is 9.04. The van der Waals surface area contributed by atoms with Crippen molar-refractivity contribution in [2.75, 3.05) is 37.7 Å². The van der Waals surface area contributed by atoms with Crippen molar-refractivity contribution in [3.8, 4) is 0 Å². The predicted molar refractivity (Wildman–Crippen MR) is 95.3 cm³/mol. The number of hydrogen-bond donors (Lipinski definition) is 0. The van der Waals surface area contributed by atoms with Gasteiger partial charge >= 0.3 is 0 Å². The van der Waals surface area contributed by atoms with E-state index in [1.54, 1.807) is 0 Å². The number of likely N-dealkylation sites (tertiary alicyclic amines) is 1. The molecular formula is C18H26N6O. The zero-order valence-electron chi connectivity index (χ0n) is 15.0. The predicted octanol–water partition coefficient (Wildman–Crippen LogP) is 1.25. The van der Waals surface area contributed by atoms with Crippen LogP contribution < -0.4 is 4.90 Å². The van der Waals surface area contributed by atoms with Gasteiger partial charge in [-0.05, 0) is 32.0 Å². The van der Waals surface area contributed by atoms with Crippen LogP contribution in [0.15, 0.2) is 24.5 Å². The topological polar surface area (TPSA) is 59.3 Å². The number of nitrogens with zero attached hydrogens (tertiary/aromatic N) is 6. The Balaban J connectivity index is 1.39. The molecule has 0 N–H and O–H groups in total. The monoisotopic (exact) mass is 342 g/mol. The van der Waals surface area contributed by atoms with Gasteiger partial charge in [-0.25, -0.2) is 0 Å². The quantitative estimate of drug-likeness (QED) is 0.837. The Morgan fingerprint density at radius 3 is 2.88 bits per heavy atom. The van der Waals surface area contributed by atoms with Gasteiger partial charge in [-0.3, -0.25) is 9.58 Å². The maximum atomic E-state index is 6.20. The van der Waals surface area contributed by atoms with Crippen molar-refractivity contribution in [1.82, 2.24) is 24.9 Å². The minimum Gasteiger partial charge on any atom is -0.375 e. The van der Waals surface area contributed by atoms with Gasteiger partial charge in [0.2, 0.25) is 0 Å². The summed E-state index contributed by atoms with van der Waals surface area (Å²) in [6.07, 6.45) is 5.50. The molecule has 2 aromatic heterocycles. The molecule has 2 saturated heterocycles. The Morgan fingerprint density at radius 1 is 1.20 bits per heavy atom. The van der Waals surface area contributed by atoms with E-state index in [0.717, 1.165) is 57.3 Å². The molecule has 2 aliphatic heterocycles. The third-order valence-corrected chi connectivity index (χ3v) is 5.20. The van der Waals surface area contributed by atoms with E-state index in [0.29, 0.717) is 12.0 Å². The first kappa shape index (κ1) is 16.5. The molecule has 0 radical (unpaired) electrons. The van der Waals surface area contributed by atoms with E-state index >= 15 is 0 Å². The summed E-state index contributed by atoms with van der Waals surface area (Å²) in [7, 11) is 1.96. The lowest BCUT2D eigenvalue weighted by Gasteiger charge is -2.37. The van der Waals surface area contributed by atoms with E-state index in [1.807, 2.05) is 30.9 Å². The van der Waals surface area contributed by atoms with Gasteiger partial charge in [0, 0.05) is 50.9 Å². The standard InChI is InChI=1S/C18H26N6O/c1-14-3-4-18(21-20-14)24-7-8-25-17-13-23(6-5-16(17)12-24)11-15-9-19-22(2)10-15/h3-4,9-10,16-17H,5-8,11-13H2,1-2H3/t16-,17-/m0/s1. The molecular weight excluding hydrogens is 316 g/mol. The Morgan fingerprint density at radius 2 is 2.12 bits per heavy atom. The second-order valence-electron chi connectivity index (χ2n) is 7.19. The third-order valence-electron chi connectivity index (χ3n) is 5.20. The van der Waals surface area contributed by atoms with Crippen molar-refractivity contribution in [3.63, 3.8) is 0 Å². The van der Waals surface area contributed by atoms with Gasteiger partial charge < -0.3 is 9.64 Å². The van der Waals surface area contributed by atoms with Crippen LogP contribution in [-0.4, -0.2) is 63.8 Å². The van der Waals surface area contributed by atoms with Crippen LogP contribution >= 0.6 is 0 Å². The summed E-state index contributed by atoms with van der Waals surface area (Å²) in [5, 5.41) is 12.8. The van der Waals surface area contributed by atoms with E-state index in [-0.39, 0.29) is 0 Å². The van der Waals surface area contributed by atoms with Crippen LogP contribution in [0, 0.1) is 12.8 Å². The second kappa shape index (κ2) is 7.09. The molecule has 7 heteroatoms. The lowest BCUT2D eigenvalue weighted by atomic mass is 9.93. The van der Waals surface area contributed by atoms with E-state index < -0.39 is 0 Å². The highest BCUT2D eigenvalue weighted by Gasteiger charge is 2.33. The summed E-state index contributed by atoms with van der Waals surface area (Å²) in [5.74, 6) is 1.52. The fourth-order valence-corrected chi connectivity index (χ4v) is 3.84. The van der Waals surface area contributed by atoms with Crippen molar-refractivity contribution in [2.45, 2.75) is 26.0 Å². The van der Waals surface area contributed by atoms with Gasteiger partial charge in [-0.15, -0.1) is 5.10 Å². The average molecular weight is 342 g/mol. The van der Waals surface area contributed by atoms with Crippen LogP contribution in [0.2, 0.25) is 0 Å². The van der Waals surface area contributed by atoms with Crippen LogP contribution in [-0.2, 0) is 18.3 Å². The van der Waals surface area contributed by atoms with Gasteiger partial charge in [-0.2, -0.15) is 10.2 Å². The van der Waals surface area contributed by atoms with Crippen molar-refractivity contribution < 1.29 is 4.74 Å². The Kier molecular flexibility index (Phi) is 4.67. The third kappa shape index (κ3) is 3.82. The molecule has 25 heavy (non-hydrogen) atoms. The highest BCUT2D eigenvalue weighted by Crippen LogP contribution is 2.26. The van der Waals surface area contributed by atoms with Gasteiger partial charge in [0.15, 0.2) is 5.82 Å². The molecule has 0 aromatic carbocycles. The zero-order chi connectivity index (χ0) is 17.2. The Hall–Kier alpha value is -1.99. The molecule has 0 aliphatic carbocycles. The molecule has 0 amide bonds. The molecule has 2 aliphatic rings. The van der Waals surface area contributed by atoms with E-state index in [4.69, 9.17) is 4.74 Å². The number of anilines is 1. The maximum absolute atomic E-state index is 6.20. The summed E-state index contributed by atoms with van der Waals surface area (Å²) < 4.78 is 8.07. The van der Waals surface area contributed by atoms with Crippen LogP contribution in [0.3, 0.4) is 0 Å². The number of aryl methyl sites for hydroxylation is 2. The van der Waals surface area contributed by atoms with Crippen LogP contribution in [0.4, 0.5) is 5.82 Å². The molecule has 134 valence electrons. The first-order chi connectivity index (χ1) is 12.2. The Labute approximate surface area is 148 Å². The largest absolute Gasteiger partial charge is 0.375 e. The molecule has 0 saturated carbocycles. The van der Waals surface area contributed by atoms with Gasteiger partial charge in [-0.1, -0.05) is 0 Å². The minimum atomic E-state index is 0.300. The first-order valence-corrected chi connectivity index (χ1v) is 9.04. The average Bonchev–Trinajstić information content (AvgIpc) is 2.89. The molecule has 2 atom stereocenters. The van der Waals surface area contributed by atoms with Crippen molar-refractivity contribution in [3.05, 3.63) is 35.8 Å². The molecule has 4 heterocycles. The van der Waals surface area contributed by atoms with E-state index in [1.165, 1.54) is 5.56 Å². The van der Waals surface area contributed by atoms with E-state index in [2.05, 4.69) is 37.4 Å². The molecule has 2 aromatic rings. The smallest absolute Gasteiger partial charge is 0.151 e. The number of hydrogen-bond acceptors (Lipinski definition) is 6. The summed E-state index contributed by atoms with van der Waals surface area (Å²) in [5.41, 5.74) is 2.22. The van der Waals surface area contributed by atoms with Crippen LogP contribution in [0.5, 0.6) is 0 Å². The normalized spacial score (nSPS) is 24.8. The number of fused-ring (bicyclic) bond motifs is 1. The minimum absolute atomic E-state index is 0.300. The van der Waals surface area contributed by atoms with Crippen molar-refractivity contribution in [1.29, 1.82) is 0 Å². The number of rotatable bonds is 3. The molecule has 0 unspecified atom stereocenters. The summed E-state index contributed by atoms with van der Waals surface area (Å²) in [6.45, 7) is 7.65. The van der Waals surface area contributed by atoms with Crippen molar-refractivity contribution >= 4 is 5.82 Å². The fourth-order valence-electron chi connectivity index (χ4n) is 3.84. The van der Waals surface area contributed by atoms with Gasteiger partial charge in [0.05, 0.1) is 24.6 Å². The second-order valence-corrected chi connectivity index (χ2v) is 7.19. The van der Waals surface area contributed by atoms with E-state index in [9.17, 15) is 0 Å². The zero-order valence-corrected chi connectivity index (χ0v) is 15.0. The summed E-state index contributed by atoms with van der Waals surface area (Å²) >= 11 is 0. The highest BCUT2D eigenvalue weighted by molar-refractivity contribution is 5.37. The maximum Gasteiger partial charge on any atom is 0.151 e. The van der Waals surface area contributed by atoms with Crippen LogP contribution in [0.1, 0.15) is 17.7 Å². The van der Waals surface area contributed by atoms with Gasteiger partial charge in [0.1, 0.15) is 0 Å². The highest BCUT2D eigenvalue weighted by atomic mass is 16.5. The summed E-state index contributed by atoms with van der Waals surface area (Å²) in [6, 6.07) is 4.10. The lowest BCUT2D eigenvalue weighted by molar-refractivity contribution is -0.0239. The number of aromatic nitrogens is 4. The molecule has 4 rings (SSSR count). The number of piperidine rings is 1. The van der Waals surface area contributed by atoms with Crippen molar-refractivity contribution in [2.24, 2.45) is 13.0 Å². The molecule has 0 bridgehead atoms. The SMILES string of the molecule is Cc1ccc(N2CCO[C@H]3CN(Cc4cnn(C)c4)CC[C@H]3C2)nn1. The molecule has 7 nitrogen and oxygen atoms in total. The Bertz CT molecular complexity index is 700. The fraction of sp³-hybridized carbons (Fsp3) is 0.611. The number of ether oxygens (including phenoxy) is 1. The van der Waals surface area contributed by atoms with Crippen LogP contribution in [0.25, 0.3) is 0 Å². The molecule has 2 fully saturated rings. The molecule has 0 spiro atoms. The van der Waals surface area contributed by atoms with Gasteiger partial charge in [0.25, 0.3) is 0 Å². The summed E-state index contributed by atoms with van der Waals surface area (Å²) in [4.78, 5) is 4.81. The lowest BCUT2D eigenvalue weighted by Crippen LogP contribution is -2.46.